The Morgan fingerprint density at radius 1 is 0.381 bits per heavy atom. The van der Waals surface area contributed by atoms with Crippen molar-refractivity contribution < 1.29 is 9.47 Å². The van der Waals surface area contributed by atoms with Crippen LogP contribution in [-0.2, 0) is 0 Å². The van der Waals surface area contributed by atoms with Gasteiger partial charge in [0.2, 0.25) is 0 Å². The average molecular weight is 537 g/mol. The van der Waals surface area contributed by atoms with Crippen molar-refractivity contribution in [3.8, 4) is 23.0 Å². The van der Waals surface area contributed by atoms with Crippen LogP contribution in [0.4, 0.5) is 17.1 Å². The van der Waals surface area contributed by atoms with Gasteiger partial charge in [0.1, 0.15) is 23.0 Å². The number of hydrogen-bond donors (Lipinski definition) is 0. The van der Waals surface area contributed by atoms with Crippen molar-refractivity contribution in [2.75, 3.05) is 4.90 Å². The molecule has 0 saturated carbocycles. The van der Waals surface area contributed by atoms with Gasteiger partial charge in [-0.15, -0.1) is 0 Å². The summed E-state index contributed by atoms with van der Waals surface area (Å²) in [5, 5.41) is 4.82. The summed E-state index contributed by atoms with van der Waals surface area (Å²) in [4.78, 5) is 2.25. The van der Waals surface area contributed by atoms with E-state index in [0.717, 1.165) is 45.5 Å². The van der Waals surface area contributed by atoms with Gasteiger partial charge < -0.3 is 14.4 Å². The Morgan fingerprint density at radius 3 is 1.33 bits per heavy atom. The molecular formula is C38H24BNO2. The van der Waals surface area contributed by atoms with E-state index in [9.17, 15) is 0 Å². The first kappa shape index (κ1) is 23.3. The molecule has 0 saturated heterocycles. The second-order valence-corrected chi connectivity index (χ2v) is 10.9. The number of hydrogen-bond acceptors (Lipinski definition) is 3. The van der Waals surface area contributed by atoms with Crippen LogP contribution in [0.1, 0.15) is 0 Å². The predicted molar refractivity (Wildman–Crippen MR) is 174 cm³/mol. The maximum absolute atomic E-state index is 6.82. The highest BCUT2D eigenvalue weighted by Crippen LogP contribution is 2.43. The average Bonchev–Trinajstić information content (AvgIpc) is 3.05. The molecule has 0 fully saturated rings. The molecule has 2 aliphatic heterocycles. The third-order valence-electron chi connectivity index (χ3n) is 8.54. The Morgan fingerprint density at radius 2 is 0.833 bits per heavy atom. The molecule has 4 heteroatoms. The zero-order valence-electron chi connectivity index (χ0n) is 22.7. The smallest absolute Gasteiger partial charge is 0.262 e. The summed E-state index contributed by atoms with van der Waals surface area (Å²) in [7, 11) is 0. The lowest BCUT2D eigenvalue weighted by atomic mass is 9.34. The molecule has 0 bridgehead atoms. The molecule has 2 heterocycles. The fraction of sp³-hybridized carbons (Fsp3) is 0. The Balaban J connectivity index is 1.34. The van der Waals surface area contributed by atoms with Crippen LogP contribution in [0.3, 0.4) is 0 Å². The molecule has 0 aliphatic carbocycles. The number of rotatable bonds is 3. The van der Waals surface area contributed by atoms with Crippen LogP contribution in [0.25, 0.3) is 21.5 Å². The van der Waals surface area contributed by atoms with E-state index in [0.29, 0.717) is 0 Å². The molecule has 0 spiro atoms. The topological polar surface area (TPSA) is 21.7 Å². The molecule has 7 aromatic rings. The minimum atomic E-state index is -0.0318. The molecule has 0 radical (unpaired) electrons. The quantitative estimate of drug-likeness (QED) is 0.212. The van der Waals surface area contributed by atoms with E-state index in [1.54, 1.807) is 0 Å². The molecule has 0 aromatic heterocycles. The van der Waals surface area contributed by atoms with Crippen molar-refractivity contribution in [2.45, 2.75) is 0 Å². The molecule has 3 nitrogen and oxygen atoms in total. The maximum Gasteiger partial charge on any atom is 0.262 e. The van der Waals surface area contributed by atoms with E-state index >= 15 is 0 Å². The van der Waals surface area contributed by atoms with Crippen molar-refractivity contribution in [2.24, 2.45) is 0 Å². The summed E-state index contributed by atoms with van der Waals surface area (Å²) in [5.74, 6) is 3.43. The van der Waals surface area contributed by atoms with Crippen LogP contribution in [0.5, 0.6) is 23.0 Å². The van der Waals surface area contributed by atoms with Gasteiger partial charge in [-0.3, -0.25) is 0 Å². The standard InChI is InChI=1S/C38H24BNO2/c1-3-13-27(14-4-1)40(28-15-5-2-6-16-28)29-23-34-38-35(24-29)42-33-22-20-26-12-8-10-18-31(26)37(33)39(38)36-30-17-9-7-11-25(30)19-21-32(36)41-34/h1-24H. The van der Waals surface area contributed by atoms with Gasteiger partial charge in [-0.1, -0.05) is 97.1 Å². The Kier molecular flexibility index (Phi) is 4.99. The van der Waals surface area contributed by atoms with Gasteiger partial charge in [0.05, 0.1) is 5.69 Å². The first-order valence-corrected chi connectivity index (χ1v) is 14.3. The molecule has 42 heavy (non-hydrogen) atoms. The molecule has 0 N–H and O–H groups in total. The van der Waals surface area contributed by atoms with Gasteiger partial charge in [0.25, 0.3) is 6.71 Å². The van der Waals surface area contributed by atoms with E-state index in [2.05, 4.69) is 138 Å². The lowest BCUT2D eigenvalue weighted by Crippen LogP contribution is -2.57. The van der Waals surface area contributed by atoms with Gasteiger partial charge in [0.15, 0.2) is 0 Å². The van der Waals surface area contributed by atoms with Crippen molar-refractivity contribution in [3.05, 3.63) is 146 Å². The number of ether oxygens (including phenoxy) is 2. The Bertz CT molecular complexity index is 2010. The van der Waals surface area contributed by atoms with Crippen molar-refractivity contribution in [1.82, 2.24) is 0 Å². The molecule has 7 aromatic carbocycles. The maximum atomic E-state index is 6.82. The summed E-state index contributed by atoms with van der Waals surface area (Å²) in [6, 6.07) is 51.0. The SMILES string of the molecule is c1ccc(N(c2ccccc2)c2cc3c4c(c2)Oc2ccc5ccccc5c2B4c2c(ccc4ccccc24)O3)cc1. The highest BCUT2D eigenvalue weighted by molar-refractivity contribution is 7.00. The molecule has 0 amide bonds. The number of anilines is 3. The molecular weight excluding hydrogens is 513 g/mol. The zero-order chi connectivity index (χ0) is 27.6. The Labute approximate surface area is 244 Å². The van der Waals surface area contributed by atoms with Crippen molar-refractivity contribution in [1.29, 1.82) is 0 Å². The van der Waals surface area contributed by atoms with E-state index in [4.69, 9.17) is 9.47 Å². The third kappa shape index (κ3) is 3.42. The lowest BCUT2D eigenvalue weighted by molar-refractivity contribution is 0.465. The van der Waals surface area contributed by atoms with Crippen LogP contribution in [0.2, 0.25) is 0 Å². The minimum absolute atomic E-state index is 0.0318. The summed E-state index contributed by atoms with van der Waals surface area (Å²) in [6.45, 7) is -0.0318. The van der Waals surface area contributed by atoms with Gasteiger partial charge in [0, 0.05) is 29.0 Å². The summed E-state index contributed by atoms with van der Waals surface area (Å²) in [5.41, 5.74) is 6.58. The second kappa shape index (κ2) is 9.02. The number of fused-ring (bicyclic) bond motifs is 8. The Hall–Kier alpha value is -5.48. The number of para-hydroxylation sites is 2. The van der Waals surface area contributed by atoms with Crippen LogP contribution in [0.15, 0.2) is 146 Å². The van der Waals surface area contributed by atoms with Gasteiger partial charge in [-0.05, 0) is 68.9 Å². The van der Waals surface area contributed by atoms with Crippen LogP contribution in [-0.4, -0.2) is 6.71 Å². The molecule has 2 aliphatic rings. The van der Waals surface area contributed by atoms with Gasteiger partial charge in [-0.2, -0.15) is 0 Å². The highest BCUT2D eigenvalue weighted by Gasteiger charge is 2.42. The highest BCUT2D eigenvalue weighted by atomic mass is 16.5. The van der Waals surface area contributed by atoms with Gasteiger partial charge in [-0.25, -0.2) is 0 Å². The molecule has 196 valence electrons. The first-order valence-electron chi connectivity index (χ1n) is 14.3. The summed E-state index contributed by atoms with van der Waals surface area (Å²) < 4.78 is 13.6. The van der Waals surface area contributed by atoms with Crippen LogP contribution < -0.4 is 30.8 Å². The fourth-order valence-electron chi connectivity index (χ4n) is 6.77. The first-order chi connectivity index (χ1) is 20.8. The number of nitrogens with zero attached hydrogens (tertiary/aromatic N) is 1. The van der Waals surface area contributed by atoms with Crippen molar-refractivity contribution in [3.63, 3.8) is 0 Å². The van der Waals surface area contributed by atoms with Crippen LogP contribution >= 0.6 is 0 Å². The molecule has 0 atom stereocenters. The number of benzene rings is 7. The van der Waals surface area contributed by atoms with E-state index in [1.807, 2.05) is 12.1 Å². The predicted octanol–water partition coefficient (Wildman–Crippen LogP) is 8.19. The summed E-state index contributed by atoms with van der Waals surface area (Å²) >= 11 is 0. The zero-order valence-corrected chi connectivity index (χ0v) is 22.7. The monoisotopic (exact) mass is 537 g/mol. The van der Waals surface area contributed by atoms with Gasteiger partial charge >= 0.3 is 0 Å². The normalized spacial score (nSPS) is 12.6. The third-order valence-corrected chi connectivity index (χ3v) is 8.54. The lowest BCUT2D eigenvalue weighted by Gasteiger charge is -2.36. The molecule has 0 unspecified atom stereocenters. The fourth-order valence-corrected chi connectivity index (χ4v) is 6.77. The van der Waals surface area contributed by atoms with Crippen LogP contribution in [0, 0.1) is 0 Å². The largest absolute Gasteiger partial charge is 0.458 e. The molecule has 9 rings (SSSR count). The van der Waals surface area contributed by atoms with E-state index in [1.165, 1.54) is 32.5 Å². The van der Waals surface area contributed by atoms with Crippen molar-refractivity contribution >= 4 is 61.7 Å². The second-order valence-electron chi connectivity index (χ2n) is 10.9. The van der Waals surface area contributed by atoms with E-state index in [-0.39, 0.29) is 6.71 Å². The van der Waals surface area contributed by atoms with E-state index < -0.39 is 0 Å². The summed E-state index contributed by atoms with van der Waals surface area (Å²) in [6.07, 6.45) is 0. The minimum Gasteiger partial charge on any atom is -0.458 e.